The first-order valence-electron chi connectivity index (χ1n) is 9.88. The highest BCUT2D eigenvalue weighted by Gasteiger charge is 2.37. The number of imide groups is 1. The van der Waals surface area contributed by atoms with Gasteiger partial charge in [0, 0.05) is 18.8 Å². The molecule has 1 saturated heterocycles. The monoisotopic (exact) mass is 457 g/mol. The summed E-state index contributed by atoms with van der Waals surface area (Å²) in [4.78, 5) is 31.7. The summed E-state index contributed by atoms with van der Waals surface area (Å²) < 4.78 is 46.5. The number of pyridine rings is 1. The van der Waals surface area contributed by atoms with Crippen molar-refractivity contribution in [3.63, 3.8) is 0 Å². The van der Waals surface area contributed by atoms with Crippen LogP contribution >= 0.6 is 0 Å². The number of carbonyl (C=O) groups is 2. The van der Waals surface area contributed by atoms with E-state index in [9.17, 15) is 22.8 Å². The van der Waals surface area contributed by atoms with Crippen LogP contribution in [-0.4, -0.2) is 34.7 Å². The number of anilines is 1. The Kier molecular flexibility index (Phi) is 6.16. The summed E-state index contributed by atoms with van der Waals surface area (Å²) in [6.07, 6.45) is -3.28. The molecule has 0 aliphatic carbocycles. The van der Waals surface area contributed by atoms with E-state index < -0.39 is 24.1 Å². The van der Waals surface area contributed by atoms with E-state index in [-0.39, 0.29) is 18.8 Å². The molecule has 1 aliphatic rings. The molecule has 0 spiro atoms. The Morgan fingerprint density at radius 3 is 2.36 bits per heavy atom. The first kappa shape index (κ1) is 22.1. The Balaban J connectivity index is 1.41. The lowest BCUT2D eigenvalue weighted by Crippen LogP contribution is -2.32. The minimum absolute atomic E-state index is 0.139. The maximum atomic E-state index is 12.8. The topological polar surface area (TPSA) is 72.0 Å². The van der Waals surface area contributed by atoms with E-state index in [0.717, 1.165) is 22.6 Å². The molecule has 7 nitrogen and oxygen atoms in total. The molecule has 2 heterocycles. The second-order valence-electron chi connectivity index (χ2n) is 7.19. The lowest BCUT2D eigenvalue weighted by atomic mass is 10.2. The highest BCUT2D eigenvalue weighted by Crippen LogP contribution is 2.28. The summed E-state index contributed by atoms with van der Waals surface area (Å²) in [7, 11) is 0. The molecule has 2 aromatic carbocycles. The number of nitrogens with zero attached hydrogens (tertiary/aromatic N) is 3. The number of halogens is 3. The van der Waals surface area contributed by atoms with Gasteiger partial charge in [-0.3, -0.25) is 4.79 Å². The van der Waals surface area contributed by atoms with Crippen LogP contribution < -0.4 is 14.4 Å². The smallest absolute Gasteiger partial charge is 0.473 e. The molecule has 0 saturated carbocycles. The van der Waals surface area contributed by atoms with Crippen molar-refractivity contribution < 1.29 is 32.2 Å². The van der Waals surface area contributed by atoms with E-state index >= 15 is 0 Å². The second kappa shape index (κ2) is 9.19. The maximum Gasteiger partial charge on any atom is 0.573 e. The van der Waals surface area contributed by atoms with Crippen LogP contribution in [0.5, 0.6) is 11.6 Å². The summed E-state index contributed by atoms with van der Waals surface area (Å²) in [6, 6.07) is 16.9. The predicted octanol–water partition coefficient (Wildman–Crippen LogP) is 4.53. The van der Waals surface area contributed by atoms with Crippen LogP contribution in [0.15, 0.2) is 72.9 Å². The van der Waals surface area contributed by atoms with Crippen LogP contribution in [-0.2, 0) is 17.9 Å². The summed E-state index contributed by atoms with van der Waals surface area (Å²) >= 11 is 0. The zero-order valence-electron chi connectivity index (χ0n) is 17.2. The van der Waals surface area contributed by atoms with Gasteiger partial charge in [-0.15, -0.1) is 13.2 Å². The Morgan fingerprint density at radius 1 is 0.939 bits per heavy atom. The molecule has 4 rings (SSSR count). The van der Waals surface area contributed by atoms with Gasteiger partial charge in [-0.05, 0) is 41.5 Å². The Labute approximate surface area is 187 Å². The standard InChI is InChI=1S/C23H18F3N3O4/c24-23(25,26)33-19-8-6-18(7-9-19)29-21(30)14-28(22(29)31)13-17-10-11-27-20(12-17)32-15-16-4-2-1-3-5-16/h1-12H,13-15H2. The van der Waals surface area contributed by atoms with Crippen LogP contribution in [0.1, 0.15) is 11.1 Å². The number of alkyl halides is 3. The first-order chi connectivity index (χ1) is 15.8. The van der Waals surface area contributed by atoms with E-state index in [1.165, 1.54) is 17.0 Å². The normalized spacial score (nSPS) is 14.0. The van der Waals surface area contributed by atoms with Crippen LogP contribution in [0, 0.1) is 0 Å². The number of benzene rings is 2. The highest BCUT2D eigenvalue weighted by atomic mass is 19.4. The maximum absolute atomic E-state index is 12.8. The number of aromatic nitrogens is 1. The van der Waals surface area contributed by atoms with Gasteiger partial charge in [-0.25, -0.2) is 14.7 Å². The van der Waals surface area contributed by atoms with Crippen molar-refractivity contribution in [2.45, 2.75) is 19.5 Å². The first-order valence-corrected chi connectivity index (χ1v) is 9.88. The Morgan fingerprint density at radius 2 is 1.67 bits per heavy atom. The third-order valence-electron chi connectivity index (χ3n) is 4.77. The largest absolute Gasteiger partial charge is 0.573 e. The number of hydrogen-bond donors (Lipinski definition) is 0. The molecule has 1 aromatic heterocycles. The summed E-state index contributed by atoms with van der Waals surface area (Å²) in [5.74, 6) is -0.549. The summed E-state index contributed by atoms with van der Waals surface area (Å²) in [5.41, 5.74) is 1.85. The van der Waals surface area contributed by atoms with Gasteiger partial charge in [0.05, 0.1) is 5.69 Å². The highest BCUT2D eigenvalue weighted by molar-refractivity contribution is 6.19. The molecule has 3 aromatic rings. The van der Waals surface area contributed by atoms with Crippen molar-refractivity contribution in [3.8, 4) is 11.6 Å². The van der Waals surface area contributed by atoms with Gasteiger partial charge in [-0.2, -0.15) is 0 Å². The lowest BCUT2D eigenvalue weighted by Gasteiger charge is -2.18. The van der Waals surface area contributed by atoms with E-state index in [0.29, 0.717) is 18.1 Å². The molecule has 1 aliphatic heterocycles. The molecule has 1 fully saturated rings. The van der Waals surface area contributed by atoms with Crippen LogP contribution in [0.3, 0.4) is 0 Å². The summed E-state index contributed by atoms with van der Waals surface area (Å²) in [6.45, 7) is 0.309. The molecule has 0 unspecified atom stereocenters. The van der Waals surface area contributed by atoms with Crippen LogP contribution in [0.2, 0.25) is 0 Å². The van der Waals surface area contributed by atoms with Crippen molar-refractivity contribution >= 4 is 17.6 Å². The lowest BCUT2D eigenvalue weighted by molar-refractivity contribution is -0.274. The number of hydrogen-bond acceptors (Lipinski definition) is 5. The molecule has 3 amide bonds. The minimum Gasteiger partial charge on any atom is -0.473 e. The van der Waals surface area contributed by atoms with Crippen molar-refractivity contribution in [3.05, 3.63) is 84.1 Å². The van der Waals surface area contributed by atoms with E-state index in [2.05, 4.69) is 9.72 Å². The zero-order valence-corrected chi connectivity index (χ0v) is 17.2. The van der Waals surface area contributed by atoms with Gasteiger partial charge in [0.2, 0.25) is 5.88 Å². The van der Waals surface area contributed by atoms with E-state index in [4.69, 9.17) is 4.74 Å². The fourth-order valence-corrected chi connectivity index (χ4v) is 3.30. The molecule has 33 heavy (non-hydrogen) atoms. The second-order valence-corrected chi connectivity index (χ2v) is 7.19. The molecule has 0 atom stereocenters. The SMILES string of the molecule is O=C1CN(Cc2ccnc(OCc3ccccc3)c2)C(=O)N1c1ccc(OC(F)(F)F)cc1. The fraction of sp³-hybridized carbons (Fsp3) is 0.174. The molecule has 170 valence electrons. The van der Waals surface area contributed by atoms with Crippen LogP contribution in [0.25, 0.3) is 0 Å². The molecular weight excluding hydrogens is 439 g/mol. The van der Waals surface area contributed by atoms with Crippen molar-refractivity contribution in [1.82, 2.24) is 9.88 Å². The van der Waals surface area contributed by atoms with E-state index in [1.807, 2.05) is 30.3 Å². The van der Waals surface area contributed by atoms with Gasteiger partial charge >= 0.3 is 12.4 Å². The van der Waals surface area contributed by atoms with Crippen molar-refractivity contribution in [2.75, 3.05) is 11.4 Å². The average molecular weight is 457 g/mol. The van der Waals surface area contributed by atoms with Gasteiger partial charge in [-0.1, -0.05) is 30.3 Å². The quantitative estimate of drug-likeness (QED) is 0.488. The molecule has 0 N–H and O–H groups in total. The third-order valence-corrected chi connectivity index (χ3v) is 4.77. The third kappa shape index (κ3) is 5.59. The van der Waals surface area contributed by atoms with E-state index in [1.54, 1.807) is 18.3 Å². The average Bonchev–Trinajstić information content (AvgIpc) is 3.06. The van der Waals surface area contributed by atoms with Gasteiger partial charge < -0.3 is 14.4 Å². The van der Waals surface area contributed by atoms with Crippen molar-refractivity contribution in [1.29, 1.82) is 0 Å². The molecule has 0 bridgehead atoms. The minimum atomic E-state index is -4.83. The van der Waals surface area contributed by atoms with Gasteiger partial charge in [0.15, 0.2) is 0 Å². The number of rotatable bonds is 7. The fourth-order valence-electron chi connectivity index (χ4n) is 3.30. The number of urea groups is 1. The predicted molar refractivity (Wildman–Crippen MR) is 111 cm³/mol. The molecule has 10 heteroatoms. The Hall–Kier alpha value is -4.08. The van der Waals surface area contributed by atoms with Gasteiger partial charge in [0.25, 0.3) is 5.91 Å². The Bertz CT molecular complexity index is 1140. The number of ether oxygens (including phenoxy) is 2. The van der Waals surface area contributed by atoms with Crippen LogP contribution in [0.4, 0.5) is 23.7 Å². The zero-order chi connectivity index (χ0) is 23.4. The number of amides is 3. The number of carbonyl (C=O) groups excluding carboxylic acids is 2. The van der Waals surface area contributed by atoms with Crippen molar-refractivity contribution in [2.24, 2.45) is 0 Å². The molecular formula is C23H18F3N3O4. The molecule has 0 radical (unpaired) electrons. The summed E-state index contributed by atoms with van der Waals surface area (Å²) in [5, 5.41) is 0. The van der Waals surface area contributed by atoms with Gasteiger partial charge in [0.1, 0.15) is 18.9 Å².